The molecule has 2 heterocycles. The summed E-state index contributed by atoms with van der Waals surface area (Å²) in [4.78, 5) is 6.86. The first kappa shape index (κ1) is 12.6. The monoisotopic (exact) mass is 238 g/mol. The van der Waals surface area contributed by atoms with E-state index in [9.17, 15) is 4.39 Å². The number of hydrogen-bond donors (Lipinski definition) is 0. The van der Waals surface area contributed by atoms with Crippen molar-refractivity contribution in [3.8, 4) is 0 Å². The number of hydrogen-bond acceptors (Lipinski definition) is 2. The number of aliphatic imine (C=N–C) groups is 1. The maximum Gasteiger partial charge on any atom is 0.123 e. The summed E-state index contributed by atoms with van der Waals surface area (Å²) in [6, 6.07) is 0.196. The Hall–Kier alpha value is -0.860. The Morgan fingerprint density at radius 3 is 2.59 bits per heavy atom. The van der Waals surface area contributed by atoms with Crippen LogP contribution in [0.25, 0.3) is 0 Å². The zero-order valence-electron chi connectivity index (χ0n) is 11.5. The van der Waals surface area contributed by atoms with E-state index >= 15 is 0 Å². The third-order valence-corrected chi connectivity index (χ3v) is 3.63. The quantitative estimate of drug-likeness (QED) is 0.682. The zero-order valence-corrected chi connectivity index (χ0v) is 11.5. The van der Waals surface area contributed by atoms with Gasteiger partial charge in [-0.25, -0.2) is 4.39 Å². The van der Waals surface area contributed by atoms with E-state index in [1.165, 1.54) is 11.3 Å². The average molecular weight is 238 g/mol. The van der Waals surface area contributed by atoms with Crippen LogP contribution in [0.1, 0.15) is 47.5 Å². The first-order valence-corrected chi connectivity index (χ1v) is 6.56. The first-order chi connectivity index (χ1) is 7.84. The van der Waals surface area contributed by atoms with E-state index in [2.05, 4.69) is 39.5 Å². The Morgan fingerprint density at radius 1 is 1.41 bits per heavy atom. The van der Waals surface area contributed by atoms with E-state index in [1.807, 2.05) is 0 Å². The van der Waals surface area contributed by atoms with E-state index in [4.69, 9.17) is 4.99 Å². The SMILES string of the molecule is CCC1=N[C@@H](C)C(C(C)(C)C)=C2CC(F)CN12. The van der Waals surface area contributed by atoms with Crippen molar-refractivity contribution in [2.45, 2.75) is 59.7 Å². The van der Waals surface area contributed by atoms with Gasteiger partial charge >= 0.3 is 0 Å². The van der Waals surface area contributed by atoms with Crippen molar-refractivity contribution in [1.29, 1.82) is 0 Å². The smallest absolute Gasteiger partial charge is 0.123 e. The molecule has 1 saturated heterocycles. The Balaban J connectivity index is 2.47. The number of nitrogens with zero attached hydrogens (tertiary/aromatic N) is 2. The fraction of sp³-hybridized carbons (Fsp3) is 0.786. The van der Waals surface area contributed by atoms with Crippen LogP contribution < -0.4 is 0 Å². The Labute approximate surface area is 104 Å². The molecule has 2 nitrogen and oxygen atoms in total. The van der Waals surface area contributed by atoms with Crippen LogP contribution in [0.15, 0.2) is 16.3 Å². The predicted molar refractivity (Wildman–Crippen MR) is 69.9 cm³/mol. The second-order valence-electron chi connectivity index (χ2n) is 6.10. The lowest BCUT2D eigenvalue weighted by molar-refractivity contribution is 0.340. The Kier molecular flexibility index (Phi) is 3.04. The molecule has 0 radical (unpaired) electrons. The molecule has 0 aromatic rings. The number of alkyl halides is 1. The molecule has 96 valence electrons. The van der Waals surface area contributed by atoms with Crippen LogP contribution >= 0.6 is 0 Å². The molecule has 2 aliphatic heterocycles. The third-order valence-electron chi connectivity index (χ3n) is 3.63. The van der Waals surface area contributed by atoms with Gasteiger partial charge < -0.3 is 4.90 Å². The van der Waals surface area contributed by atoms with Crippen molar-refractivity contribution >= 4 is 5.84 Å². The van der Waals surface area contributed by atoms with Crippen molar-refractivity contribution < 1.29 is 4.39 Å². The molecule has 1 unspecified atom stereocenters. The molecule has 0 saturated carbocycles. The number of fused-ring (bicyclic) bond motifs is 1. The Bertz CT molecular complexity index is 376. The van der Waals surface area contributed by atoms with Crippen molar-refractivity contribution in [2.75, 3.05) is 6.54 Å². The van der Waals surface area contributed by atoms with Gasteiger partial charge in [0.25, 0.3) is 0 Å². The molecule has 0 bridgehead atoms. The minimum Gasteiger partial charge on any atom is -0.331 e. The maximum absolute atomic E-state index is 13.7. The van der Waals surface area contributed by atoms with Crippen LogP contribution in [0.2, 0.25) is 0 Å². The lowest BCUT2D eigenvalue weighted by Crippen LogP contribution is -2.37. The lowest BCUT2D eigenvalue weighted by Gasteiger charge is -2.37. The molecule has 0 aromatic carbocycles. The van der Waals surface area contributed by atoms with E-state index in [-0.39, 0.29) is 11.5 Å². The standard InChI is InChI=1S/C14H23FN2/c1-6-12-16-9(2)13(14(3,4)5)11-7-10(15)8-17(11)12/h9-10H,6-8H2,1-5H3/t9-,10?/m0/s1. The molecule has 1 fully saturated rings. The lowest BCUT2D eigenvalue weighted by atomic mass is 9.80. The summed E-state index contributed by atoms with van der Waals surface area (Å²) in [7, 11) is 0. The van der Waals surface area contributed by atoms with Crippen molar-refractivity contribution in [2.24, 2.45) is 10.4 Å². The predicted octanol–water partition coefficient (Wildman–Crippen LogP) is 3.54. The topological polar surface area (TPSA) is 15.6 Å². The molecule has 2 atom stereocenters. The van der Waals surface area contributed by atoms with E-state index in [1.54, 1.807) is 0 Å². The normalized spacial score (nSPS) is 29.5. The number of halogens is 1. The fourth-order valence-corrected chi connectivity index (χ4v) is 3.15. The molecule has 0 N–H and O–H groups in total. The number of amidine groups is 1. The molecule has 0 aromatic heterocycles. The minimum atomic E-state index is -0.732. The van der Waals surface area contributed by atoms with Crippen molar-refractivity contribution in [3.05, 3.63) is 11.3 Å². The van der Waals surface area contributed by atoms with Crippen molar-refractivity contribution in [3.63, 3.8) is 0 Å². The van der Waals surface area contributed by atoms with E-state index < -0.39 is 6.17 Å². The van der Waals surface area contributed by atoms with Crippen molar-refractivity contribution in [1.82, 2.24) is 4.90 Å². The summed E-state index contributed by atoms with van der Waals surface area (Å²) in [5.74, 6) is 1.06. The molecule has 2 rings (SSSR count). The highest BCUT2D eigenvalue weighted by atomic mass is 19.1. The minimum absolute atomic E-state index is 0.0693. The molecule has 17 heavy (non-hydrogen) atoms. The van der Waals surface area contributed by atoms with Gasteiger partial charge in [-0.2, -0.15) is 0 Å². The van der Waals surface area contributed by atoms with Gasteiger partial charge in [0.1, 0.15) is 12.0 Å². The molecule has 0 amide bonds. The van der Waals surface area contributed by atoms with Crippen LogP contribution in [0.3, 0.4) is 0 Å². The first-order valence-electron chi connectivity index (χ1n) is 6.56. The molecular formula is C14H23FN2. The Morgan fingerprint density at radius 2 is 2.06 bits per heavy atom. The van der Waals surface area contributed by atoms with Crippen LogP contribution in [-0.2, 0) is 0 Å². The maximum atomic E-state index is 13.7. The van der Waals surface area contributed by atoms with Gasteiger partial charge in [-0.3, -0.25) is 4.99 Å². The summed E-state index contributed by atoms with van der Waals surface area (Å²) in [5, 5.41) is 0. The van der Waals surface area contributed by atoms with Gasteiger partial charge in [0, 0.05) is 18.5 Å². The zero-order chi connectivity index (χ0) is 12.8. The summed E-state index contributed by atoms with van der Waals surface area (Å²) < 4.78 is 13.7. The van der Waals surface area contributed by atoms with Gasteiger partial charge in [-0.1, -0.05) is 27.7 Å². The largest absolute Gasteiger partial charge is 0.331 e. The molecule has 2 aliphatic rings. The van der Waals surface area contributed by atoms with Gasteiger partial charge in [-0.15, -0.1) is 0 Å². The van der Waals surface area contributed by atoms with Gasteiger partial charge in [0.15, 0.2) is 0 Å². The van der Waals surface area contributed by atoms with Crippen LogP contribution in [0.4, 0.5) is 4.39 Å². The third kappa shape index (κ3) is 2.12. The van der Waals surface area contributed by atoms with Gasteiger partial charge in [0.2, 0.25) is 0 Å². The summed E-state index contributed by atoms with van der Waals surface area (Å²) >= 11 is 0. The molecular weight excluding hydrogens is 215 g/mol. The highest BCUT2D eigenvalue weighted by molar-refractivity contribution is 5.86. The van der Waals surface area contributed by atoms with Gasteiger partial charge in [0.05, 0.1) is 12.6 Å². The molecule has 0 spiro atoms. The van der Waals surface area contributed by atoms with E-state index in [0.29, 0.717) is 13.0 Å². The van der Waals surface area contributed by atoms with Gasteiger partial charge in [-0.05, 0) is 17.9 Å². The van der Waals surface area contributed by atoms with E-state index in [0.717, 1.165) is 12.3 Å². The molecule has 3 heteroatoms. The number of allylic oxidation sites excluding steroid dienone is 1. The van der Waals surface area contributed by atoms with Crippen LogP contribution in [0, 0.1) is 5.41 Å². The fourth-order valence-electron chi connectivity index (χ4n) is 3.15. The summed E-state index contributed by atoms with van der Waals surface area (Å²) in [6.45, 7) is 11.3. The molecule has 0 aliphatic carbocycles. The highest BCUT2D eigenvalue weighted by Crippen LogP contribution is 2.41. The van der Waals surface area contributed by atoms with Crippen LogP contribution in [-0.4, -0.2) is 29.5 Å². The summed E-state index contributed by atoms with van der Waals surface area (Å²) in [5.41, 5.74) is 2.58. The average Bonchev–Trinajstić information content (AvgIpc) is 2.55. The summed E-state index contributed by atoms with van der Waals surface area (Å²) in [6.07, 6.45) is 0.720. The van der Waals surface area contributed by atoms with Crippen LogP contribution in [0.5, 0.6) is 0 Å². The second kappa shape index (κ2) is 4.11. The highest BCUT2D eigenvalue weighted by Gasteiger charge is 2.38. The second-order valence-corrected chi connectivity index (χ2v) is 6.10. The number of rotatable bonds is 1.